The van der Waals surface area contributed by atoms with Crippen LogP contribution in [0, 0.1) is 23.0 Å². The van der Waals surface area contributed by atoms with Crippen LogP contribution in [0.1, 0.15) is 38.2 Å². The van der Waals surface area contributed by atoms with Crippen LogP contribution in [0.5, 0.6) is 6.01 Å². The van der Waals surface area contributed by atoms with Crippen LogP contribution < -0.4 is 15.0 Å². The number of rotatable bonds is 7. The standard InChI is InChI=1S/C33H34F3N7O/c1-2-23-26(35)8-7-20-5-3-6-24(27(20)23)29-28(36)30-25(16-39-29)31(42-14-12-38-22(18-42)9-11-37)41-32(40-30)44-19-33-10-4-13-43(33)17-21(34)15-33/h3,5-8,16,21-22,38H,2,4,9-10,12-15,17-19H2,1H3/t21-,22+,33+/m1/s1. The molecule has 3 saturated heterocycles. The zero-order valence-electron chi connectivity index (χ0n) is 24.6. The number of pyridine rings is 1. The van der Waals surface area contributed by atoms with Gasteiger partial charge in [-0.15, -0.1) is 0 Å². The van der Waals surface area contributed by atoms with Gasteiger partial charge in [0.1, 0.15) is 35.6 Å². The predicted octanol–water partition coefficient (Wildman–Crippen LogP) is 5.33. The first kappa shape index (κ1) is 28.7. The van der Waals surface area contributed by atoms with Crippen LogP contribution >= 0.6 is 0 Å². The van der Waals surface area contributed by atoms with Crippen molar-refractivity contribution in [3.05, 3.63) is 53.7 Å². The lowest BCUT2D eigenvalue weighted by Crippen LogP contribution is -2.51. The molecule has 4 aromatic rings. The smallest absolute Gasteiger partial charge is 0.319 e. The number of fused-ring (bicyclic) bond motifs is 3. The molecule has 0 amide bonds. The number of ether oxygens (including phenoxy) is 1. The van der Waals surface area contributed by atoms with Gasteiger partial charge in [0.05, 0.1) is 23.4 Å². The maximum absolute atomic E-state index is 16.7. The third-order valence-electron chi connectivity index (χ3n) is 9.47. The molecule has 5 heterocycles. The van der Waals surface area contributed by atoms with E-state index >= 15 is 4.39 Å². The third kappa shape index (κ3) is 4.90. The van der Waals surface area contributed by atoms with Gasteiger partial charge in [0.25, 0.3) is 0 Å². The largest absolute Gasteiger partial charge is 0.461 e. The van der Waals surface area contributed by atoms with Gasteiger partial charge < -0.3 is 15.0 Å². The predicted molar refractivity (Wildman–Crippen MR) is 162 cm³/mol. The minimum Gasteiger partial charge on any atom is -0.461 e. The summed E-state index contributed by atoms with van der Waals surface area (Å²) in [7, 11) is 0. The van der Waals surface area contributed by atoms with Crippen molar-refractivity contribution >= 4 is 27.5 Å². The van der Waals surface area contributed by atoms with Gasteiger partial charge in [0, 0.05) is 50.4 Å². The van der Waals surface area contributed by atoms with E-state index in [0.717, 1.165) is 24.8 Å². The topological polar surface area (TPSA) is 90.2 Å². The maximum Gasteiger partial charge on any atom is 0.319 e. The molecule has 8 nitrogen and oxygen atoms in total. The van der Waals surface area contributed by atoms with Crippen LogP contribution in [0.25, 0.3) is 32.9 Å². The summed E-state index contributed by atoms with van der Waals surface area (Å²) < 4.78 is 52.3. The summed E-state index contributed by atoms with van der Waals surface area (Å²) in [4.78, 5) is 18.1. The minimum absolute atomic E-state index is 0.0145. The second kappa shape index (κ2) is 11.5. The van der Waals surface area contributed by atoms with E-state index in [1.54, 1.807) is 18.3 Å². The Labute approximate surface area is 253 Å². The number of hydrogen-bond donors (Lipinski definition) is 1. The first-order valence-corrected chi connectivity index (χ1v) is 15.3. The Bertz CT molecular complexity index is 1780. The van der Waals surface area contributed by atoms with Crippen LogP contribution in [0.3, 0.4) is 0 Å². The Morgan fingerprint density at radius 3 is 2.89 bits per heavy atom. The lowest BCUT2D eigenvalue weighted by molar-refractivity contribution is 0.107. The highest BCUT2D eigenvalue weighted by Gasteiger charge is 2.49. The molecule has 228 valence electrons. The molecule has 2 aromatic heterocycles. The molecule has 3 aliphatic rings. The van der Waals surface area contributed by atoms with E-state index in [4.69, 9.17) is 9.72 Å². The summed E-state index contributed by atoms with van der Waals surface area (Å²) in [6.45, 7) is 4.99. The lowest BCUT2D eigenvalue weighted by Gasteiger charge is -2.34. The van der Waals surface area contributed by atoms with Gasteiger partial charge in [0.15, 0.2) is 5.82 Å². The molecule has 0 bridgehead atoms. The average molecular weight is 602 g/mol. The number of aryl methyl sites for hydroxylation is 1. The number of halogens is 3. The number of nitrogens with one attached hydrogen (secondary N) is 1. The highest BCUT2D eigenvalue weighted by Crippen LogP contribution is 2.41. The number of piperazine rings is 1. The Kier molecular flexibility index (Phi) is 7.50. The summed E-state index contributed by atoms with van der Waals surface area (Å²) in [5, 5.41) is 14.5. The molecule has 0 aliphatic carbocycles. The number of aromatic nitrogens is 3. The van der Waals surface area contributed by atoms with Gasteiger partial charge in [0.2, 0.25) is 0 Å². The van der Waals surface area contributed by atoms with Crippen LogP contribution in [-0.4, -0.2) is 76.9 Å². The average Bonchev–Trinajstić information content (AvgIpc) is 3.56. The zero-order chi connectivity index (χ0) is 30.4. The molecule has 44 heavy (non-hydrogen) atoms. The van der Waals surface area contributed by atoms with E-state index in [0.29, 0.717) is 73.2 Å². The molecule has 2 aromatic carbocycles. The fourth-order valence-electron chi connectivity index (χ4n) is 7.40. The summed E-state index contributed by atoms with van der Waals surface area (Å²) in [5.74, 6) is -0.521. The molecular formula is C33H34F3N7O. The van der Waals surface area contributed by atoms with Crippen LogP contribution in [-0.2, 0) is 6.42 Å². The SMILES string of the molecule is CCc1c(F)ccc2cccc(-c3ncc4c(N5CCN[C@@H](CC#N)C5)nc(OC[C@@]56CCCN5C[C@H](F)C6)nc4c3F)c12. The fourth-order valence-corrected chi connectivity index (χ4v) is 7.40. The monoisotopic (exact) mass is 601 g/mol. The van der Waals surface area contributed by atoms with Gasteiger partial charge in [-0.1, -0.05) is 31.2 Å². The van der Waals surface area contributed by atoms with Crippen molar-refractivity contribution in [2.24, 2.45) is 0 Å². The lowest BCUT2D eigenvalue weighted by atomic mass is 9.95. The van der Waals surface area contributed by atoms with Crippen molar-refractivity contribution in [2.45, 2.75) is 56.8 Å². The Morgan fingerprint density at radius 2 is 2.05 bits per heavy atom. The second-order valence-electron chi connectivity index (χ2n) is 12.1. The highest BCUT2D eigenvalue weighted by molar-refractivity contribution is 6.00. The minimum atomic E-state index is -0.908. The van der Waals surface area contributed by atoms with E-state index in [-0.39, 0.29) is 35.7 Å². The fraction of sp³-hybridized carbons (Fsp3) is 0.455. The quantitative estimate of drug-likeness (QED) is 0.304. The number of nitriles is 1. The highest BCUT2D eigenvalue weighted by atomic mass is 19.1. The second-order valence-corrected chi connectivity index (χ2v) is 12.1. The normalized spacial score (nSPS) is 23.8. The maximum atomic E-state index is 16.7. The van der Waals surface area contributed by atoms with Crippen LogP contribution in [0.2, 0.25) is 0 Å². The van der Waals surface area contributed by atoms with Gasteiger partial charge in [-0.3, -0.25) is 9.88 Å². The molecule has 0 saturated carbocycles. The van der Waals surface area contributed by atoms with E-state index in [1.807, 2.05) is 24.0 Å². The summed E-state index contributed by atoms with van der Waals surface area (Å²) in [6, 6.07) is 10.7. The number of hydrogen-bond acceptors (Lipinski definition) is 8. The molecule has 11 heteroatoms. The van der Waals surface area contributed by atoms with Crippen LogP contribution in [0.15, 0.2) is 36.5 Å². The number of alkyl halides is 1. The zero-order valence-corrected chi connectivity index (χ0v) is 24.6. The van der Waals surface area contributed by atoms with Gasteiger partial charge >= 0.3 is 6.01 Å². The number of nitrogens with zero attached hydrogens (tertiary/aromatic N) is 6. The van der Waals surface area contributed by atoms with Gasteiger partial charge in [-0.05, 0) is 48.2 Å². The molecule has 7 rings (SSSR count). The third-order valence-corrected chi connectivity index (χ3v) is 9.47. The Balaban J connectivity index is 1.35. The van der Waals surface area contributed by atoms with Crippen molar-refractivity contribution in [1.29, 1.82) is 5.26 Å². The Morgan fingerprint density at radius 1 is 1.16 bits per heavy atom. The first-order chi connectivity index (χ1) is 21.4. The van der Waals surface area contributed by atoms with E-state index in [2.05, 4.69) is 26.3 Å². The van der Waals surface area contributed by atoms with Crippen molar-refractivity contribution in [2.75, 3.05) is 44.2 Å². The van der Waals surface area contributed by atoms with E-state index < -0.39 is 17.5 Å². The van der Waals surface area contributed by atoms with E-state index in [9.17, 15) is 14.0 Å². The number of anilines is 1. The summed E-state index contributed by atoms with van der Waals surface area (Å²) >= 11 is 0. The Hall–Kier alpha value is -4.01. The summed E-state index contributed by atoms with van der Waals surface area (Å²) in [5.41, 5.74) is 0.679. The van der Waals surface area contributed by atoms with Crippen molar-refractivity contribution in [3.8, 4) is 23.3 Å². The van der Waals surface area contributed by atoms with E-state index in [1.165, 1.54) is 6.07 Å². The van der Waals surface area contributed by atoms with Gasteiger partial charge in [-0.2, -0.15) is 15.2 Å². The van der Waals surface area contributed by atoms with Crippen molar-refractivity contribution in [1.82, 2.24) is 25.2 Å². The molecule has 0 spiro atoms. The molecule has 3 fully saturated rings. The van der Waals surface area contributed by atoms with Crippen molar-refractivity contribution < 1.29 is 17.9 Å². The molecular weight excluding hydrogens is 567 g/mol. The molecule has 3 aliphatic heterocycles. The molecule has 0 radical (unpaired) electrons. The first-order valence-electron chi connectivity index (χ1n) is 15.3. The molecule has 0 unspecified atom stereocenters. The molecule has 1 N–H and O–H groups in total. The van der Waals surface area contributed by atoms with Gasteiger partial charge in [-0.25, -0.2) is 13.2 Å². The molecule has 3 atom stereocenters. The van der Waals surface area contributed by atoms with Crippen LogP contribution in [0.4, 0.5) is 19.0 Å². The number of benzene rings is 2. The summed E-state index contributed by atoms with van der Waals surface area (Å²) in [6.07, 6.45) is 3.60. The van der Waals surface area contributed by atoms with Crippen molar-refractivity contribution in [3.63, 3.8) is 0 Å².